The number of aromatic hydroxyl groups is 1. The van der Waals surface area contributed by atoms with Crippen molar-refractivity contribution in [3.8, 4) is 11.5 Å². The molecule has 1 N–H and O–H groups in total. The summed E-state index contributed by atoms with van der Waals surface area (Å²) in [5.41, 5.74) is 1.27. The van der Waals surface area contributed by atoms with Gasteiger partial charge in [-0.1, -0.05) is 40.7 Å². The third kappa shape index (κ3) is 2.35. The summed E-state index contributed by atoms with van der Waals surface area (Å²) in [6.45, 7) is 3.80. The van der Waals surface area contributed by atoms with Gasteiger partial charge in [-0.3, -0.25) is 14.5 Å². The van der Waals surface area contributed by atoms with Crippen molar-refractivity contribution < 1.29 is 19.4 Å². The number of hydrogen-bond acceptors (Lipinski definition) is 4. The molecule has 0 spiro atoms. The van der Waals surface area contributed by atoms with Crippen LogP contribution in [-0.2, 0) is 9.59 Å². The van der Waals surface area contributed by atoms with Gasteiger partial charge < -0.3 is 9.84 Å². The van der Waals surface area contributed by atoms with Crippen molar-refractivity contribution >= 4 is 50.9 Å². The SMILES string of the molecule is C=CC1=CC[C@@]2(Cl)C(=O)N(CBr)C(=O)[C@@]2(Cl)[C@H]1c1ccc(O)c(OC)c1. The topological polar surface area (TPSA) is 66.8 Å². The molecule has 2 aliphatic rings. The number of hydrogen-bond donors (Lipinski definition) is 1. The number of carbonyl (C=O) groups is 2. The lowest BCUT2D eigenvalue weighted by Gasteiger charge is -2.42. The smallest absolute Gasteiger partial charge is 0.254 e. The number of methoxy groups -OCH3 is 1. The summed E-state index contributed by atoms with van der Waals surface area (Å²) < 4.78 is 5.16. The second-order valence-corrected chi connectivity index (χ2v) is 7.89. The van der Waals surface area contributed by atoms with Crippen LogP contribution in [0.15, 0.2) is 42.5 Å². The molecule has 1 saturated heterocycles. The number of carbonyl (C=O) groups excluding carboxylic acids is 2. The molecule has 5 nitrogen and oxygen atoms in total. The van der Waals surface area contributed by atoms with E-state index in [0.29, 0.717) is 11.1 Å². The molecule has 0 unspecified atom stereocenters. The van der Waals surface area contributed by atoms with Gasteiger partial charge in [-0.2, -0.15) is 0 Å². The fourth-order valence-electron chi connectivity index (χ4n) is 3.63. The number of benzene rings is 1. The zero-order chi connectivity index (χ0) is 19.3. The maximum Gasteiger partial charge on any atom is 0.254 e. The van der Waals surface area contributed by atoms with Gasteiger partial charge in [-0.25, -0.2) is 0 Å². The Labute approximate surface area is 169 Å². The van der Waals surface area contributed by atoms with Crippen LogP contribution in [0, 0.1) is 0 Å². The predicted octanol–water partition coefficient (Wildman–Crippen LogP) is 3.68. The molecule has 1 aliphatic carbocycles. The zero-order valence-corrected chi connectivity index (χ0v) is 16.9. The molecule has 138 valence electrons. The van der Waals surface area contributed by atoms with Crippen molar-refractivity contribution in [2.75, 3.05) is 12.6 Å². The summed E-state index contributed by atoms with van der Waals surface area (Å²) in [4.78, 5) is 23.6. The second-order valence-electron chi connectivity index (χ2n) is 6.15. The standard InChI is InChI=1S/C18H16BrCl2NO4/c1-3-10-6-7-17(20)15(24)22(9-19)16(25)18(17,21)14(10)11-4-5-12(23)13(8-11)26-2/h3-6,8,14,23H,1,7,9H2,2H3/t14-,17-,18+/m1/s1. The van der Waals surface area contributed by atoms with Crippen LogP contribution in [0.1, 0.15) is 17.9 Å². The zero-order valence-electron chi connectivity index (χ0n) is 13.8. The first-order valence-corrected chi connectivity index (χ1v) is 9.63. The van der Waals surface area contributed by atoms with Crippen molar-refractivity contribution in [2.24, 2.45) is 0 Å². The highest BCUT2D eigenvalue weighted by Crippen LogP contribution is 2.59. The molecule has 2 amide bonds. The molecule has 8 heteroatoms. The third-order valence-electron chi connectivity index (χ3n) is 4.96. The first kappa shape index (κ1) is 19.3. The van der Waals surface area contributed by atoms with Crippen LogP contribution in [0.25, 0.3) is 0 Å². The summed E-state index contributed by atoms with van der Waals surface area (Å²) in [6.07, 6.45) is 3.48. The average Bonchev–Trinajstić information content (AvgIpc) is 2.78. The molecule has 1 aromatic rings. The fraction of sp³-hybridized carbons (Fsp3) is 0.333. The summed E-state index contributed by atoms with van der Waals surface area (Å²) in [5, 5.41) is 9.88. The van der Waals surface area contributed by atoms with E-state index in [1.54, 1.807) is 24.3 Å². The first-order valence-electron chi connectivity index (χ1n) is 7.75. The van der Waals surface area contributed by atoms with Gasteiger partial charge in [0.2, 0.25) is 0 Å². The number of fused-ring (bicyclic) bond motifs is 1. The normalized spacial score (nSPS) is 30.8. The van der Waals surface area contributed by atoms with E-state index in [9.17, 15) is 14.7 Å². The van der Waals surface area contributed by atoms with Gasteiger partial charge >= 0.3 is 0 Å². The monoisotopic (exact) mass is 459 g/mol. The molecule has 26 heavy (non-hydrogen) atoms. The van der Waals surface area contributed by atoms with Crippen LogP contribution in [0.4, 0.5) is 0 Å². The highest BCUT2D eigenvalue weighted by molar-refractivity contribution is 9.09. The lowest BCUT2D eigenvalue weighted by atomic mass is 9.68. The summed E-state index contributed by atoms with van der Waals surface area (Å²) in [7, 11) is 1.42. The fourth-order valence-corrected chi connectivity index (χ4v) is 4.96. The Morgan fingerprint density at radius 1 is 1.42 bits per heavy atom. The number of nitrogens with zero attached hydrogens (tertiary/aromatic N) is 1. The first-order chi connectivity index (χ1) is 12.3. The highest BCUT2D eigenvalue weighted by Gasteiger charge is 2.72. The van der Waals surface area contributed by atoms with Gasteiger partial charge in [0, 0.05) is 5.92 Å². The minimum Gasteiger partial charge on any atom is -0.504 e. The van der Waals surface area contributed by atoms with Crippen LogP contribution >= 0.6 is 39.1 Å². The minimum absolute atomic E-state index is 0.00263. The molecular weight excluding hydrogens is 445 g/mol. The molecule has 1 heterocycles. The number of alkyl halides is 3. The number of ether oxygens (including phenoxy) is 1. The number of allylic oxidation sites excluding steroid dienone is 3. The average molecular weight is 461 g/mol. The van der Waals surface area contributed by atoms with E-state index in [4.69, 9.17) is 27.9 Å². The molecule has 1 aliphatic heterocycles. The number of rotatable bonds is 4. The summed E-state index contributed by atoms with van der Waals surface area (Å²) in [6, 6.07) is 4.66. The molecule has 3 atom stereocenters. The highest BCUT2D eigenvalue weighted by atomic mass is 79.9. The van der Waals surface area contributed by atoms with Gasteiger partial charge in [0.1, 0.15) is 0 Å². The van der Waals surface area contributed by atoms with Crippen LogP contribution in [0.2, 0.25) is 0 Å². The number of phenols is 1. The Morgan fingerprint density at radius 2 is 2.12 bits per heavy atom. The summed E-state index contributed by atoms with van der Waals surface area (Å²) >= 11 is 16.7. The molecule has 1 aromatic carbocycles. The van der Waals surface area contributed by atoms with Crippen molar-refractivity contribution in [3.05, 3.63) is 48.1 Å². The van der Waals surface area contributed by atoms with E-state index < -0.39 is 27.5 Å². The quantitative estimate of drug-likeness (QED) is 0.422. The maximum atomic E-state index is 13.1. The van der Waals surface area contributed by atoms with Crippen LogP contribution < -0.4 is 4.74 Å². The lowest BCUT2D eigenvalue weighted by Crippen LogP contribution is -2.54. The third-order valence-corrected chi connectivity index (χ3v) is 6.87. The van der Waals surface area contributed by atoms with Crippen molar-refractivity contribution in [1.82, 2.24) is 4.90 Å². The largest absolute Gasteiger partial charge is 0.504 e. The van der Waals surface area contributed by atoms with Crippen LogP contribution in [-0.4, -0.2) is 44.1 Å². The Kier molecular flexibility index (Phi) is 4.88. The van der Waals surface area contributed by atoms with E-state index in [-0.39, 0.29) is 23.4 Å². The van der Waals surface area contributed by atoms with E-state index >= 15 is 0 Å². The molecule has 3 rings (SSSR count). The molecule has 0 aromatic heterocycles. The van der Waals surface area contributed by atoms with Crippen molar-refractivity contribution in [2.45, 2.75) is 22.1 Å². The molecule has 1 fully saturated rings. The molecule has 0 bridgehead atoms. The summed E-state index contributed by atoms with van der Waals surface area (Å²) in [5.74, 6) is -1.66. The maximum absolute atomic E-state index is 13.1. The Balaban J connectivity index is 2.26. The van der Waals surface area contributed by atoms with Crippen LogP contribution in [0.5, 0.6) is 11.5 Å². The van der Waals surface area contributed by atoms with E-state index in [1.165, 1.54) is 13.2 Å². The number of imide groups is 1. The van der Waals surface area contributed by atoms with Crippen LogP contribution in [0.3, 0.4) is 0 Å². The van der Waals surface area contributed by atoms with E-state index in [1.807, 2.05) is 0 Å². The van der Waals surface area contributed by atoms with Crippen molar-refractivity contribution in [3.63, 3.8) is 0 Å². The number of phenolic OH excluding ortho intramolecular Hbond substituents is 1. The van der Waals surface area contributed by atoms with Gasteiger partial charge in [0.05, 0.1) is 12.6 Å². The van der Waals surface area contributed by atoms with E-state index in [2.05, 4.69) is 22.5 Å². The van der Waals surface area contributed by atoms with Gasteiger partial charge in [0.15, 0.2) is 21.2 Å². The number of halogens is 3. The van der Waals surface area contributed by atoms with Gasteiger partial charge in [-0.05, 0) is 29.7 Å². The Bertz CT molecular complexity index is 842. The Morgan fingerprint density at radius 3 is 2.69 bits per heavy atom. The molecular formula is C18H16BrCl2NO4. The number of likely N-dealkylation sites (tertiary alicyclic amines) is 1. The number of amides is 2. The molecule has 0 radical (unpaired) electrons. The minimum atomic E-state index is -1.72. The van der Waals surface area contributed by atoms with E-state index in [0.717, 1.165) is 4.90 Å². The second kappa shape index (κ2) is 6.59. The van der Waals surface area contributed by atoms with Crippen molar-refractivity contribution in [1.29, 1.82) is 0 Å². The van der Waals surface area contributed by atoms with Gasteiger partial charge in [0.25, 0.3) is 11.8 Å². The Hall–Kier alpha value is -1.50. The molecule has 0 saturated carbocycles. The van der Waals surface area contributed by atoms with Gasteiger partial charge in [-0.15, -0.1) is 23.2 Å². The predicted molar refractivity (Wildman–Crippen MR) is 103 cm³/mol. The lowest BCUT2D eigenvalue weighted by molar-refractivity contribution is -0.138.